The van der Waals surface area contributed by atoms with Crippen LogP contribution in [-0.4, -0.2) is 22.9 Å². The van der Waals surface area contributed by atoms with E-state index in [4.69, 9.17) is 26.5 Å². The van der Waals surface area contributed by atoms with E-state index in [9.17, 15) is 0 Å². The van der Waals surface area contributed by atoms with Crippen molar-refractivity contribution < 1.29 is 9.15 Å². The minimum absolute atomic E-state index is 0.0826. The van der Waals surface area contributed by atoms with E-state index in [0.717, 1.165) is 28.5 Å². The van der Waals surface area contributed by atoms with Crippen LogP contribution < -0.4 is 10.1 Å². The fourth-order valence-electron chi connectivity index (χ4n) is 3.06. The summed E-state index contributed by atoms with van der Waals surface area (Å²) in [5, 5.41) is 10.4. The highest BCUT2D eigenvalue weighted by Gasteiger charge is 2.33. The summed E-state index contributed by atoms with van der Waals surface area (Å²) >= 11 is 5.64. The number of nitrogens with one attached hydrogen (secondary N) is 1. The normalized spacial score (nSPS) is 16.1. The third-order valence-corrected chi connectivity index (χ3v) is 4.73. The second-order valence-electron chi connectivity index (χ2n) is 6.15. The summed E-state index contributed by atoms with van der Waals surface area (Å²) in [6.45, 7) is 0. The lowest BCUT2D eigenvalue weighted by Crippen LogP contribution is -2.30. The molecule has 0 radical (unpaired) electrons. The predicted molar refractivity (Wildman–Crippen MR) is 110 cm³/mol. The Morgan fingerprint density at radius 2 is 1.89 bits per heavy atom. The molecule has 1 aliphatic rings. The van der Waals surface area contributed by atoms with E-state index < -0.39 is 0 Å². The molecule has 6 heteroatoms. The molecule has 5 nitrogen and oxygen atoms in total. The van der Waals surface area contributed by atoms with Crippen LogP contribution in [0.5, 0.6) is 5.75 Å². The number of rotatable bonds is 4. The minimum atomic E-state index is -0.0826. The molecule has 2 heterocycles. The summed E-state index contributed by atoms with van der Waals surface area (Å²) in [5.74, 6) is 1.65. The van der Waals surface area contributed by atoms with Gasteiger partial charge in [0, 0.05) is 12.1 Å². The number of ether oxygens (including phenoxy) is 1. The molecule has 136 valence electrons. The largest absolute Gasteiger partial charge is 0.497 e. The van der Waals surface area contributed by atoms with E-state index in [1.807, 2.05) is 71.7 Å². The number of hydrogen-bond acceptors (Lipinski definition) is 4. The summed E-state index contributed by atoms with van der Waals surface area (Å²) < 4.78 is 10.9. The first-order chi connectivity index (χ1) is 13.2. The number of furan rings is 1. The summed E-state index contributed by atoms with van der Waals surface area (Å²) in [7, 11) is 1.66. The fraction of sp³-hybridized carbons (Fsp3) is 0.143. The van der Waals surface area contributed by atoms with Gasteiger partial charge in [0.05, 0.1) is 19.1 Å². The van der Waals surface area contributed by atoms with Crippen LogP contribution in [0.2, 0.25) is 0 Å². The van der Waals surface area contributed by atoms with Crippen LogP contribution in [0.3, 0.4) is 0 Å². The second-order valence-corrected chi connectivity index (χ2v) is 6.54. The van der Waals surface area contributed by atoms with Crippen LogP contribution in [0.4, 0.5) is 5.69 Å². The molecule has 0 saturated carbocycles. The maximum atomic E-state index is 5.65. The van der Waals surface area contributed by atoms with Gasteiger partial charge in [-0.3, -0.25) is 0 Å². The van der Waals surface area contributed by atoms with Crippen LogP contribution in [-0.2, 0) is 0 Å². The van der Waals surface area contributed by atoms with Crippen molar-refractivity contribution in [3.8, 4) is 5.75 Å². The van der Waals surface area contributed by atoms with Gasteiger partial charge >= 0.3 is 0 Å². The van der Waals surface area contributed by atoms with E-state index in [2.05, 4.69) is 5.32 Å². The molecule has 0 fully saturated rings. The lowest BCUT2D eigenvalue weighted by Gasteiger charge is -2.23. The molecule has 2 aromatic carbocycles. The standard InChI is InChI=1S/C21H19N3O2S/c1-25-17-11-9-15(10-12-17)18-14-19(20-8-5-13-26-20)24(23-18)21(27)22-16-6-3-2-4-7-16/h2-13,19H,14H2,1H3,(H,22,27)/t19-/m0/s1. The Kier molecular flexibility index (Phi) is 4.89. The van der Waals surface area contributed by atoms with Crippen LogP contribution >= 0.6 is 12.2 Å². The number of hydrazone groups is 1. The molecule has 0 aliphatic carbocycles. The Bertz CT molecular complexity index is 937. The topological polar surface area (TPSA) is 50.0 Å². The van der Waals surface area contributed by atoms with E-state index in [0.29, 0.717) is 11.5 Å². The lowest BCUT2D eigenvalue weighted by atomic mass is 10.0. The summed E-state index contributed by atoms with van der Waals surface area (Å²) in [4.78, 5) is 0. The molecule has 1 atom stereocenters. The second kappa shape index (κ2) is 7.63. The van der Waals surface area contributed by atoms with E-state index >= 15 is 0 Å². The molecule has 4 rings (SSSR count). The van der Waals surface area contributed by atoms with E-state index in [1.54, 1.807) is 13.4 Å². The third kappa shape index (κ3) is 3.71. The molecule has 0 bridgehead atoms. The first-order valence-electron chi connectivity index (χ1n) is 8.65. The fourth-order valence-corrected chi connectivity index (χ4v) is 3.35. The molecular formula is C21H19N3O2S. The zero-order chi connectivity index (χ0) is 18.6. The molecule has 0 amide bonds. The first kappa shape index (κ1) is 17.3. The Morgan fingerprint density at radius 3 is 2.56 bits per heavy atom. The smallest absolute Gasteiger partial charge is 0.194 e. The van der Waals surface area contributed by atoms with Gasteiger partial charge in [0.15, 0.2) is 5.11 Å². The third-order valence-electron chi connectivity index (χ3n) is 4.44. The van der Waals surface area contributed by atoms with Crippen molar-refractivity contribution in [3.05, 3.63) is 84.3 Å². The van der Waals surface area contributed by atoms with Gasteiger partial charge < -0.3 is 14.5 Å². The Morgan fingerprint density at radius 1 is 1.11 bits per heavy atom. The van der Waals surface area contributed by atoms with Gasteiger partial charge in [-0.15, -0.1) is 0 Å². The van der Waals surface area contributed by atoms with Gasteiger partial charge in [-0.05, 0) is 66.3 Å². The van der Waals surface area contributed by atoms with Crippen molar-refractivity contribution in [1.82, 2.24) is 5.01 Å². The van der Waals surface area contributed by atoms with Crippen LogP contribution in [0.25, 0.3) is 0 Å². The zero-order valence-corrected chi connectivity index (χ0v) is 15.6. The molecule has 27 heavy (non-hydrogen) atoms. The summed E-state index contributed by atoms with van der Waals surface area (Å²) in [6, 6.07) is 21.5. The van der Waals surface area contributed by atoms with Gasteiger partial charge in [0.2, 0.25) is 0 Å². The number of benzene rings is 2. The van der Waals surface area contributed by atoms with Gasteiger partial charge in [0.1, 0.15) is 17.6 Å². The number of thiocarbonyl (C=S) groups is 1. The molecule has 3 aromatic rings. The van der Waals surface area contributed by atoms with Gasteiger partial charge in [-0.1, -0.05) is 18.2 Å². The van der Waals surface area contributed by atoms with Crippen LogP contribution in [0, 0.1) is 0 Å². The van der Waals surface area contributed by atoms with Crippen LogP contribution in [0.1, 0.15) is 23.8 Å². The quantitative estimate of drug-likeness (QED) is 0.660. The monoisotopic (exact) mass is 377 g/mol. The van der Waals surface area contributed by atoms with Crippen molar-refractivity contribution in [3.63, 3.8) is 0 Å². The highest BCUT2D eigenvalue weighted by atomic mass is 32.1. The Labute approximate surface area is 163 Å². The van der Waals surface area contributed by atoms with Crippen molar-refractivity contribution in [2.75, 3.05) is 12.4 Å². The van der Waals surface area contributed by atoms with Crippen molar-refractivity contribution >= 4 is 28.7 Å². The molecule has 0 saturated heterocycles. The Balaban J connectivity index is 1.62. The van der Waals surface area contributed by atoms with Crippen molar-refractivity contribution in [1.29, 1.82) is 0 Å². The van der Waals surface area contributed by atoms with Gasteiger partial charge in [-0.25, -0.2) is 5.01 Å². The zero-order valence-electron chi connectivity index (χ0n) is 14.8. The molecule has 1 aliphatic heterocycles. The highest BCUT2D eigenvalue weighted by molar-refractivity contribution is 7.80. The number of anilines is 1. The number of hydrogen-bond donors (Lipinski definition) is 1. The first-order valence-corrected chi connectivity index (χ1v) is 9.06. The average Bonchev–Trinajstić information content (AvgIpc) is 3.38. The maximum Gasteiger partial charge on any atom is 0.194 e. The molecular weight excluding hydrogens is 358 g/mol. The van der Waals surface area contributed by atoms with Crippen LogP contribution in [0.15, 0.2) is 82.5 Å². The van der Waals surface area contributed by atoms with E-state index in [1.165, 1.54) is 0 Å². The number of nitrogens with zero attached hydrogens (tertiary/aromatic N) is 2. The van der Waals surface area contributed by atoms with Crippen molar-refractivity contribution in [2.24, 2.45) is 5.10 Å². The molecule has 0 spiro atoms. The number of para-hydroxylation sites is 1. The molecule has 0 unspecified atom stereocenters. The maximum absolute atomic E-state index is 5.65. The SMILES string of the molecule is COc1ccc(C2=NN(C(=S)Nc3ccccc3)[C@H](c3ccco3)C2)cc1. The highest BCUT2D eigenvalue weighted by Crippen LogP contribution is 2.33. The lowest BCUT2D eigenvalue weighted by molar-refractivity contribution is 0.318. The molecule has 1 N–H and O–H groups in total. The van der Waals surface area contributed by atoms with E-state index in [-0.39, 0.29) is 6.04 Å². The number of methoxy groups -OCH3 is 1. The van der Waals surface area contributed by atoms with Crippen molar-refractivity contribution in [2.45, 2.75) is 12.5 Å². The molecule has 1 aromatic heterocycles. The summed E-state index contributed by atoms with van der Waals surface area (Å²) in [5.41, 5.74) is 2.92. The van der Waals surface area contributed by atoms with Gasteiger partial charge in [0.25, 0.3) is 0 Å². The average molecular weight is 377 g/mol. The Hall–Kier alpha value is -3.12. The minimum Gasteiger partial charge on any atom is -0.497 e. The van der Waals surface area contributed by atoms with Gasteiger partial charge in [-0.2, -0.15) is 5.10 Å². The summed E-state index contributed by atoms with van der Waals surface area (Å²) in [6.07, 6.45) is 2.38. The predicted octanol–water partition coefficient (Wildman–Crippen LogP) is 4.84.